The Balaban J connectivity index is 2.30. The summed E-state index contributed by atoms with van der Waals surface area (Å²) in [5, 5.41) is 1.97. The van der Waals surface area contributed by atoms with Crippen LogP contribution in [0, 0.1) is 0 Å². The summed E-state index contributed by atoms with van der Waals surface area (Å²) in [5.41, 5.74) is 1.79. The Bertz CT molecular complexity index is 1040. The first kappa shape index (κ1) is 12.8. The van der Waals surface area contributed by atoms with Gasteiger partial charge in [0.2, 0.25) is 5.43 Å². The molecule has 21 heavy (non-hydrogen) atoms. The molecule has 0 bridgehead atoms. The van der Waals surface area contributed by atoms with Gasteiger partial charge in [0.05, 0.1) is 0 Å². The van der Waals surface area contributed by atoms with Crippen LogP contribution in [0.4, 0.5) is 0 Å². The first-order valence-electron chi connectivity index (χ1n) is 6.25. The van der Waals surface area contributed by atoms with E-state index >= 15 is 0 Å². The molecule has 5 heteroatoms. The molecule has 0 saturated heterocycles. The van der Waals surface area contributed by atoms with Gasteiger partial charge in [-0.3, -0.25) is 4.79 Å². The highest BCUT2D eigenvalue weighted by Crippen LogP contribution is 2.35. The van der Waals surface area contributed by atoms with Crippen molar-refractivity contribution in [3.63, 3.8) is 0 Å². The first-order valence-corrected chi connectivity index (χ1v) is 7.42. The van der Waals surface area contributed by atoms with Crippen molar-refractivity contribution >= 4 is 49.4 Å². The van der Waals surface area contributed by atoms with Gasteiger partial charge in [0.15, 0.2) is 11.3 Å². The highest BCUT2D eigenvalue weighted by atomic mass is 79.9. The van der Waals surface area contributed by atoms with Crippen LogP contribution in [0.1, 0.15) is 0 Å². The predicted octanol–water partition coefficient (Wildman–Crippen LogP) is 4.86. The molecule has 2 aromatic carbocycles. The quantitative estimate of drug-likeness (QED) is 0.332. The fourth-order valence-electron chi connectivity index (χ4n) is 2.43. The number of hydrogen-bond acceptors (Lipinski definition) is 3. The van der Waals surface area contributed by atoms with E-state index in [-0.39, 0.29) is 5.43 Å². The fourth-order valence-corrected chi connectivity index (χ4v) is 3.08. The third kappa shape index (κ3) is 1.87. The summed E-state index contributed by atoms with van der Waals surface area (Å²) in [5.74, 6) is 0.452. The van der Waals surface area contributed by atoms with E-state index in [0.29, 0.717) is 37.4 Å². The van der Waals surface area contributed by atoms with Gasteiger partial charge in [-0.25, -0.2) is 4.98 Å². The summed E-state index contributed by atoms with van der Waals surface area (Å²) in [6, 6.07) is 12.6. The third-order valence-corrected chi connectivity index (χ3v) is 4.36. The van der Waals surface area contributed by atoms with E-state index in [2.05, 4.69) is 20.9 Å². The summed E-state index contributed by atoms with van der Waals surface area (Å²) in [4.78, 5) is 17.0. The highest BCUT2D eigenvalue weighted by molar-refractivity contribution is 9.10. The van der Waals surface area contributed by atoms with E-state index in [1.807, 2.05) is 18.2 Å². The molecule has 0 unspecified atom stereocenters. The van der Waals surface area contributed by atoms with Crippen LogP contribution >= 0.6 is 27.5 Å². The zero-order valence-electron chi connectivity index (χ0n) is 10.6. The Hall–Kier alpha value is -1.91. The van der Waals surface area contributed by atoms with Crippen molar-refractivity contribution in [2.75, 3.05) is 0 Å². The zero-order valence-corrected chi connectivity index (χ0v) is 12.9. The molecule has 3 nitrogen and oxygen atoms in total. The largest absolute Gasteiger partial charge is 0.451 e. The number of benzene rings is 3. The second-order valence-electron chi connectivity index (χ2n) is 4.69. The Morgan fingerprint density at radius 3 is 2.67 bits per heavy atom. The summed E-state index contributed by atoms with van der Waals surface area (Å²) in [6.45, 7) is 0. The van der Waals surface area contributed by atoms with Crippen LogP contribution in [-0.4, -0.2) is 4.98 Å². The molecule has 102 valence electrons. The van der Waals surface area contributed by atoms with Crippen LogP contribution in [-0.2, 0) is 0 Å². The molecule has 0 amide bonds. The molecule has 0 N–H and O–H groups in total. The minimum absolute atomic E-state index is 0.100. The monoisotopic (exact) mass is 359 g/mol. The number of hydrogen-bond donors (Lipinski definition) is 0. The standard InChI is InChI=1S/C16H7BrClNO2/c17-13-15(20)10-4-2-1-3-9(10)14-16(13)21-12-6-5-8(18)7-11(12)19-14/h1-7H. The van der Waals surface area contributed by atoms with Gasteiger partial charge in [-0.1, -0.05) is 35.9 Å². The van der Waals surface area contributed by atoms with Crippen molar-refractivity contribution in [2.24, 2.45) is 0 Å². The van der Waals surface area contributed by atoms with Crippen LogP contribution in [0.2, 0.25) is 5.02 Å². The number of fused-ring (bicyclic) bond motifs is 4. The van der Waals surface area contributed by atoms with Crippen molar-refractivity contribution in [1.82, 2.24) is 4.98 Å². The molecule has 2 aliphatic rings. The molecule has 0 spiro atoms. The van der Waals surface area contributed by atoms with Crippen LogP contribution in [0.25, 0.3) is 33.3 Å². The van der Waals surface area contributed by atoms with Crippen molar-refractivity contribution in [2.45, 2.75) is 0 Å². The molecular weight excluding hydrogens is 354 g/mol. The normalized spacial score (nSPS) is 11.5. The van der Waals surface area contributed by atoms with Crippen LogP contribution in [0.15, 0.2) is 56.1 Å². The topological polar surface area (TPSA) is 43.1 Å². The number of nitrogens with zero attached hydrogens (tertiary/aromatic N) is 1. The minimum Gasteiger partial charge on any atom is -0.451 e. The van der Waals surface area contributed by atoms with E-state index in [4.69, 9.17) is 16.0 Å². The molecule has 0 aromatic heterocycles. The Morgan fingerprint density at radius 2 is 1.86 bits per heavy atom. The lowest BCUT2D eigenvalue weighted by molar-refractivity contribution is 0.611. The molecule has 0 radical (unpaired) electrons. The smallest absolute Gasteiger partial charge is 0.204 e. The van der Waals surface area contributed by atoms with E-state index < -0.39 is 0 Å². The zero-order chi connectivity index (χ0) is 14.6. The summed E-state index contributed by atoms with van der Waals surface area (Å²) in [7, 11) is 0. The van der Waals surface area contributed by atoms with Crippen molar-refractivity contribution in [3.8, 4) is 11.5 Å². The Kier molecular flexibility index (Phi) is 2.77. The van der Waals surface area contributed by atoms with Gasteiger partial charge in [0.25, 0.3) is 0 Å². The number of aromatic nitrogens is 1. The maximum Gasteiger partial charge on any atom is 0.204 e. The average molecular weight is 361 g/mol. The number of halogens is 2. The van der Waals surface area contributed by atoms with Gasteiger partial charge in [0, 0.05) is 15.8 Å². The van der Waals surface area contributed by atoms with Gasteiger partial charge in [-0.05, 0) is 34.1 Å². The Labute approximate surface area is 132 Å². The third-order valence-electron chi connectivity index (χ3n) is 3.41. The van der Waals surface area contributed by atoms with Crippen LogP contribution in [0.5, 0.6) is 0 Å². The molecule has 0 atom stereocenters. The van der Waals surface area contributed by atoms with Crippen molar-refractivity contribution in [3.05, 3.63) is 62.2 Å². The lowest BCUT2D eigenvalue weighted by Crippen LogP contribution is -2.07. The molecule has 0 saturated carbocycles. The van der Waals surface area contributed by atoms with Crippen molar-refractivity contribution < 1.29 is 4.42 Å². The molecule has 4 rings (SSSR count). The van der Waals surface area contributed by atoms with Crippen LogP contribution in [0.3, 0.4) is 0 Å². The lowest BCUT2D eigenvalue weighted by atomic mass is 10.0. The van der Waals surface area contributed by atoms with Crippen LogP contribution < -0.4 is 5.43 Å². The highest BCUT2D eigenvalue weighted by Gasteiger charge is 2.20. The predicted molar refractivity (Wildman–Crippen MR) is 87.1 cm³/mol. The van der Waals surface area contributed by atoms with E-state index in [9.17, 15) is 4.79 Å². The van der Waals surface area contributed by atoms with Gasteiger partial charge >= 0.3 is 0 Å². The van der Waals surface area contributed by atoms with E-state index in [1.165, 1.54) is 0 Å². The van der Waals surface area contributed by atoms with Gasteiger partial charge in [-0.2, -0.15) is 0 Å². The van der Waals surface area contributed by atoms with Crippen molar-refractivity contribution in [1.29, 1.82) is 0 Å². The lowest BCUT2D eigenvalue weighted by Gasteiger charge is -2.11. The maximum atomic E-state index is 12.4. The maximum absolute atomic E-state index is 12.4. The molecular formula is C16H7BrClNO2. The van der Waals surface area contributed by atoms with E-state index in [1.54, 1.807) is 24.3 Å². The molecule has 1 aliphatic heterocycles. The molecule has 0 fully saturated rings. The summed E-state index contributed by atoms with van der Waals surface area (Å²) in [6.07, 6.45) is 0. The Morgan fingerprint density at radius 1 is 1.10 bits per heavy atom. The second-order valence-corrected chi connectivity index (χ2v) is 5.92. The number of rotatable bonds is 0. The van der Waals surface area contributed by atoms with Gasteiger partial charge < -0.3 is 4.42 Å². The summed E-state index contributed by atoms with van der Waals surface area (Å²) >= 11 is 9.33. The van der Waals surface area contributed by atoms with E-state index in [0.717, 1.165) is 5.39 Å². The SMILES string of the molecule is O=c1c(Br)c2oc3ccc(Cl)cc3nc-2c2ccccc12. The van der Waals surface area contributed by atoms with Gasteiger partial charge in [-0.15, -0.1) is 0 Å². The molecule has 1 heterocycles. The van der Waals surface area contributed by atoms with Gasteiger partial charge in [0.1, 0.15) is 15.7 Å². The second kappa shape index (κ2) is 4.55. The fraction of sp³-hybridized carbons (Fsp3) is 0. The average Bonchev–Trinajstić information content (AvgIpc) is 2.51. The summed E-state index contributed by atoms with van der Waals surface area (Å²) < 4.78 is 6.24. The molecule has 2 aromatic rings. The first-order chi connectivity index (χ1) is 10.1. The molecule has 1 aliphatic carbocycles. The minimum atomic E-state index is -0.100.